The van der Waals surface area contributed by atoms with Crippen LogP contribution in [0, 0.1) is 11.3 Å². The fourth-order valence-corrected chi connectivity index (χ4v) is 2.19. The van der Waals surface area contributed by atoms with Gasteiger partial charge in [0.05, 0.1) is 12.2 Å². The van der Waals surface area contributed by atoms with E-state index in [4.69, 9.17) is 10.5 Å². The molecule has 0 amide bonds. The zero-order valence-electron chi connectivity index (χ0n) is 12.7. The van der Waals surface area contributed by atoms with Crippen molar-refractivity contribution in [3.63, 3.8) is 0 Å². The van der Waals surface area contributed by atoms with Crippen molar-refractivity contribution in [3.8, 4) is 0 Å². The molecule has 0 spiro atoms. The SMILES string of the molecule is CC(C)CN=C(N)NC1CC(OC(C)C)C1(C)C. The van der Waals surface area contributed by atoms with E-state index in [0.717, 1.165) is 13.0 Å². The molecule has 4 nitrogen and oxygen atoms in total. The lowest BCUT2D eigenvalue weighted by molar-refractivity contribution is -0.134. The standard InChI is InChI=1S/C14H29N3O/c1-9(2)8-16-13(15)17-11-7-12(14(11,5)6)18-10(3)4/h9-12H,7-8H2,1-6H3,(H3,15,16,17). The van der Waals surface area contributed by atoms with Crippen LogP contribution in [0.5, 0.6) is 0 Å². The van der Waals surface area contributed by atoms with Gasteiger partial charge in [0.2, 0.25) is 0 Å². The van der Waals surface area contributed by atoms with Gasteiger partial charge in [-0.3, -0.25) is 4.99 Å². The molecule has 1 saturated carbocycles. The van der Waals surface area contributed by atoms with Gasteiger partial charge >= 0.3 is 0 Å². The van der Waals surface area contributed by atoms with E-state index in [1.807, 2.05) is 0 Å². The highest BCUT2D eigenvalue weighted by Crippen LogP contribution is 2.43. The molecule has 0 saturated heterocycles. The van der Waals surface area contributed by atoms with Crippen LogP contribution >= 0.6 is 0 Å². The van der Waals surface area contributed by atoms with Crippen molar-refractivity contribution in [1.82, 2.24) is 5.32 Å². The highest BCUT2D eigenvalue weighted by atomic mass is 16.5. The molecule has 1 rings (SSSR count). The Morgan fingerprint density at radius 2 is 2.00 bits per heavy atom. The molecule has 0 heterocycles. The van der Waals surface area contributed by atoms with Crippen LogP contribution in [-0.4, -0.2) is 30.8 Å². The first kappa shape index (κ1) is 15.3. The van der Waals surface area contributed by atoms with E-state index >= 15 is 0 Å². The molecule has 0 aromatic carbocycles. The molecular formula is C14H29N3O. The van der Waals surface area contributed by atoms with E-state index in [-0.39, 0.29) is 11.5 Å². The quantitative estimate of drug-likeness (QED) is 0.584. The van der Waals surface area contributed by atoms with Gasteiger partial charge in [0.25, 0.3) is 0 Å². The summed E-state index contributed by atoms with van der Waals surface area (Å²) in [5.41, 5.74) is 6.01. The summed E-state index contributed by atoms with van der Waals surface area (Å²) in [4.78, 5) is 4.34. The lowest BCUT2D eigenvalue weighted by atomic mass is 9.64. The van der Waals surface area contributed by atoms with E-state index in [1.165, 1.54) is 0 Å². The summed E-state index contributed by atoms with van der Waals surface area (Å²) in [6.07, 6.45) is 1.60. The predicted molar refractivity (Wildman–Crippen MR) is 76.7 cm³/mol. The highest BCUT2D eigenvalue weighted by Gasteiger charge is 2.49. The van der Waals surface area contributed by atoms with Crippen molar-refractivity contribution in [2.45, 2.75) is 66.2 Å². The van der Waals surface area contributed by atoms with E-state index in [2.05, 4.69) is 51.9 Å². The predicted octanol–water partition coefficient (Wildman–Crippen LogP) is 2.14. The lowest BCUT2D eigenvalue weighted by Gasteiger charge is -2.52. The minimum atomic E-state index is 0.113. The molecule has 3 N–H and O–H groups in total. The molecule has 0 aliphatic heterocycles. The Balaban J connectivity index is 2.44. The second-order valence-electron chi connectivity index (χ2n) is 6.55. The highest BCUT2D eigenvalue weighted by molar-refractivity contribution is 5.78. The summed E-state index contributed by atoms with van der Waals surface area (Å²) in [6, 6.07) is 0.358. The molecule has 18 heavy (non-hydrogen) atoms. The van der Waals surface area contributed by atoms with Crippen molar-refractivity contribution >= 4 is 5.96 Å². The topological polar surface area (TPSA) is 59.6 Å². The summed E-state index contributed by atoms with van der Waals surface area (Å²) in [6.45, 7) is 13.6. The maximum absolute atomic E-state index is 5.90. The Kier molecular flexibility index (Phi) is 5.02. The Morgan fingerprint density at radius 3 is 2.44 bits per heavy atom. The van der Waals surface area contributed by atoms with E-state index in [9.17, 15) is 0 Å². The molecule has 2 unspecified atom stereocenters. The first-order valence-corrected chi connectivity index (χ1v) is 6.95. The number of nitrogens with zero attached hydrogens (tertiary/aromatic N) is 1. The zero-order valence-corrected chi connectivity index (χ0v) is 12.7. The molecule has 0 aromatic rings. The van der Waals surface area contributed by atoms with E-state index in [1.54, 1.807) is 0 Å². The molecule has 1 aliphatic carbocycles. The van der Waals surface area contributed by atoms with Crippen LogP contribution in [0.3, 0.4) is 0 Å². The van der Waals surface area contributed by atoms with Crippen molar-refractivity contribution in [2.24, 2.45) is 22.1 Å². The number of rotatable bonds is 5. The van der Waals surface area contributed by atoms with Gasteiger partial charge in [-0.15, -0.1) is 0 Å². The first-order valence-electron chi connectivity index (χ1n) is 6.95. The molecule has 1 aliphatic rings. The van der Waals surface area contributed by atoms with Gasteiger partial charge in [0, 0.05) is 18.0 Å². The minimum absolute atomic E-state index is 0.113. The van der Waals surface area contributed by atoms with Crippen LogP contribution < -0.4 is 11.1 Å². The van der Waals surface area contributed by atoms with E-state index < -0.39 is 0 Å². The van der Waals surface area contributed by atoms with E-state index in [0.29, 0.717) is 24.0 Å². The Bertz CT molecular complexity index is 297. The Labute approximate surface area is 111 Å². The fourth-order valence-electron chi connectivity index (χ4n) is 2.19. The largest absolute Gasteiger partial charge is 0.375 e. The van der Waals surface area contributed by atoms with Crippen molar-refractivity contribution in [3.05, 3.63) is 0 Å². The average Bonchev–Trinajstić information content (AvgIpc) is 2.24. The summed E-state index contributed by atoms with van der Waals surface area (Å²) >= 11 is 0. The number of ether oxygens (including phenoxy) is 1. The van der Waals surface area contributed by atoms with Gasteiger partial charge in [0.15, 0.2) is 5.96 Å². The normalized spacial score (nSPS) is 27.4. The van der Waals surface area contributed by atoms with Crippen LogP contribution in [0.1, 0.15) is 48.0 Å². The maximum atomic E-state index is 5.90. The smallest absolute Gasteiger partial charge is 0.188 e. The van der Waals surface area contributed by atoms with Gasteiger partial charge < -0.3 is 15.8 Å². The molecule has 0 aromatic heterocycles. The first-order chi connectivity index (χ1) is 8.23. The molecule has 4 heteroatoms. The number of hydrogen-bond acceptors (Lipinski definition) is 2. The van der Waals surface area contributed by atoms with Crippen LogP contribution in [0.15, 0.2) is 4.99 Å². The molecule has 0 bridgehead atoms. The third-order valence-corrected chi connectivity index (χ3v) is 3.56. The molecule has 1 fully saturated rings. The van der Waals surface area contributed by atoms with Crippen LogP contribution in [0.2, 0.25) is 0 Å². The third-order valence-electron chi connectivity index (χ3n) is 3.56. The lowest BCUT2D eigenvalue weighted by Crippen LogP contribution is -2.63. The second kappa shape index (κ2) is 5.91. The third kappa shape index (κ3) is 3.87. The van der Waals surface area contributed by atoms with Crippen LogP contribution in [-0.2, 0) is 4.74 Å². The minimum Gasteiger partial charge on any atom is -0.375 e. The van der Waals surface area contributed by atoms with Crippen LogP contribution in [0.4, 0.5) is 0 Å². The Morgan fingerprint density at radius 1 is 1.39 bits per heavy atom. The molecule has 2 atom stereocenters. The summed E-state index contributed by atoms with van der Waals surface area (Å²) < 4.78 is 5.89. The maximum Gasteiger partial charge on any atom is 0.188 e. The zero-order chi connectivity index (χ0) is 13.9. The Hall–Kier alpha value is -0.770. The van der Waals surface area contributed by atoms with Crippen molar-refractivity contribution < 1.29 is 4.74 Å². The van der Waals surface area contributed by atoms with Crippen LogP contribution in [0.25, 0.3) is 0 Å². The van der Waals surface area contributed by atoms with Gasteiger partial charge in [-0.05, 0) is 26.2 Å². The van der Waals surface area contributed by atoms with Gasteiger partial charge in [-0.2, -0.15) is 0 Å². The van der Waals surface area contributed by atoms with Crippen molar-refractivity contribution in [2.75, 3.05) is 6.54 Å². The number of hydrogen-bond donors (Lipinski definition) is 2. The summed E-state index contributed by atoms with van der Waals surface area (Å²) in [5.74, 6) is 1.10. The molecular weight excluding hydrogens is 226 g/mol. The number of nitrogens with one attached hydrogen (secondary N) is 1. The van der Waals surface area contributed by atoms with Gasteiger partial charge in [-0.25, -0.2) is 0 Å². The number of nitrogens with two attached hydrogens (primary N) is 1. The second-order valence-corrected chi connectivity index (χ2v) is 6.55. The monoisotopic (exact) mass is 255 g/mol. The molecule has 106 valence electrons. The van der Waals surface area contributed by atoms with Gasteiger partial charge in [0.1, 0.15) is 0 Å². The van der Waals surface area contributed by atoms with Crippen molar-refractivity contribution in [1.29, 1.82) is 0 Å². The number of aliphatic imine (C=N–C) groups is 1. The summed E-state index contributed by atoms with van der Waals surface area (Å²) in [5, 5.41) is 3.31. The fraction of sp³-hybridized carbons (Fsp3) is 0.929. The number of guanidine groups is 1. The van der Waals surface area contributed by atoms with Gasteiger partial charge in [-0.1, -0.05) is 27.7 Å². The molecule has 0 radical (unpaired) electrons. The summed E-state index contributed by atoms with van der Waals surface area (Å²) in [7, 11) is 0. The average molecular weight is 255 g/mol.